The van der Waals surface area contributed by atoms with E-state index in [2.05, 4.69) is 41.2 Å². The van der Waals surface area contributed by atoms with Gasteiger partial charge in [0.25, 0.3) is 0 Å². The molecule has 0 spiro atoms. The first-order valence-corrected chi connectivity index (χ1v) is 8.01. The number of nitrogens with one attached hydrogen (secondary N) is 1. The summed E-state index contributed by atoms with van der Waals surface area (Å²) in [6.07, 6.45) is 0. The predicted molar refractivity (Wildman–Crippen MR) is 115 cm³/mol. The van der Waals surface area contributed by atoms with Crippen LogP contribution in [0.1, 0.15) is 23.6 Å². The molecule has 2 rings (SSSR count). The fourth-order valence-corrected chi connectivity index (χ4v) is 2.15. The van der Waals surface area contributed by atoms with Gasteiger partial charge in [-0.3, -0.25) is 0 Å². The van der Waals surface area contributed by atoms with Gasteiger partial charge < -0.3 is 15.8 Å². The van der Waals surface area contributed by atoms with E-state index in [1.54, 1.807) is 0 Å². The van der Waals surface area contributed by atoms with E-state index in [9.17, 15) is 0 Å². The molecule has 0 aromatic heterocycles. The molecule has 0 saturated heterocycles. The summed E-state index contributed by atoms with van der Waals surface area (Å²) >= 11 is 0. The standard InChI is InChI=1S/C20H25N3O.HI/c1-16(2)12-22-20(21)23-13-18-9-6-10-19(11-18)15-24-14-17-7-4-3-5-8-17;/h3-11H,1,12-15H2,2H3,(H3,21,22,23);1H. The smallest absolute Gasteiger partial charge is 0.189 e. The molecular weight excluding hydrogens is 425 g/mol. The predicted octanol–water partition coefficient (Wildman–Crippen LogP) is 4.00. The molecule has 4 nitrogen and oxygen atoms in total. The Balaban J connectivity index is 0.00000312. The van der Waals surface area contributed by atoms with E-state index in [4.69, 9.17) is 10.5 Å². The van der Waals surface area contributed by atoms with Gasteiger partial charge in [-0.25, -0.2) is 4.99 Å². The van der Waals surface area contributed by atoms with Gasteiger partial charge in [-0.1, -0.05) is 66.7 Å². The fourth-order valence-electron chi connectivity index (χ4n) is 2.15. The third kappa shape index (κ3) is 8.69. The van der Waals surface area contributed by atoms with E-state index in [0.717, 1.165) is 16.7 Å². The zero-order valence-electron chi connectivity index (χ0n) is 14.6. The Hall–Kier alpha value is -1.86. The first-order chi connectivity index (χ1) is 11.6. The molecule has 0 saturated carbocycles. The second-order valence-corrected chi connectivity index (χ2v) is 5.81. The lowest BCUT2D eigenvalue weighted by Gasteiger charge is -2.07. The third-order valence-corrected chi connectivity index (χ3v) is 3.37. The van der Waals surface area contributed by atoms with Crippen molar-refractivity contribution < 1.29 is 4.74 Å². The molecule has 134 valence electrons. The lowest BCUT2D eigenvalue weighted by atomic mass is 10.1. The Bertz CT molecular complexity index is 686. The molecule has 0 atom stereocenters. The van der Waals surface area contributed by atoms with Crippen molar-refractivity contribution in [2.75, 3.05) is 6.54 Å². The number of benzene rings is 2. The van der Waals surface area contributed by atoms with Crippen LogP contribution in [0.15, 0.2) is 71.7 Å². The summed E-state index contributed by atoms with van der Waals surface area (Å²) < 4.78 is 5.77. The Labute approximate surface area is 167 Å². The van der Waals surface area contributed by atoms with Crippen molar-refractivity contribution in [2.45, 2.75) is 26.7 Å². The quantitative estimate of drug-likeness (QED) is 0.276. The largest absolute Gasteiger partial charge is 0.372 e. The summed E-state index contributed by atoms with van der Waals surface area (Å²) in [6, 6.07) is 18.4. The molecule has 3 N–H and O–H groups in total. The highest BCUT2D eigenvalue weighted by molar-refractivity contribution is 14.0. The topological polar surface area (TPSA) is 59.6 Å². The van der Waals surface area contributed by atoms with Crippen LogP contribution < -0.4 is 11.1 Å². The Morgan fingerprint density at radius 3 is 2.40 bits per heavy atom. The SMILES string of the molecule is C=C(C)CNC(N)=NCc1cccc(COCc2ccccc2)c1.I. The molecular formula is C20H26IN3O. The molecule has 2 aromatic carbocycles. The minimum Gasteiger partial charge on any atom is -0.372 e. The van der Waals surface area contributed by atoms with E-state index < -0.39 is 0 Å². The summed E-state index contributed by atoms with van der Waals surface area (Å²) in [4.78, 5) is 4.34. The monoisotopic (exact) mass is 451 g/mol. The van der Waals surface area contributed by atoms with Crippen molar-refractivity contribution in [3.8, 4) is 0 Å². The van der Waals surface area contributed by atoms with Crippen LogP contribution >= 0.6 is 24.0 Å². The molecule has 25 heavy (non-hydrogen) atoms. The van der Waals surface area contributed by atoms with Gasteiger partial charge in [-0.2, -0.15) is 0 Å². The van der Waals surface area contributed by atoms with Crippen molar-refractivity contribution in [1.82, 2.24) is 5.32 Å². The molecule has 5 heteroatoms. The second kappa shape index (κ2) is 11.7. The van der Waals surface area contributed by atoms with Crippen molar-refractivity contribution in [2.24, 2.45) is 10.7 Å². The lowest BCUT2D eigenvalue weighted by Crippen LogP contribution is -2.32. The molecule has 0 bridgehead atoms. The van der Waals surface area contributed by atoms with Gasteiger partial charge in [0.05, 0.1) is 19.8 Å². The number of guanidine groups is 1. The number of hydrogen-bond acceptors (Lipinski definition) is 2. The molecule has 0 radical (unpaired) electrons. The van der Waals surface area contributed by atoms with E-state index in [1.165, 1.54) is 5.56 Å². The summed E-state index contributed by atoms with van der Waals surface area (Å²) in [7, 11) is 0. The Morgan fingerprint density at radius 2 is 1.68 bits per heavy atom. The minimum absolute atomic E-state index is 0. The molecule has 0 heterocycles. The number of aliphatic imine (C=N–C) groups is 1. The van der Waals surface area contributed by atoms with Gasteiger partial charge in [-0.05, 0) is 23.6 Å². The van der Waals surface area contributed by atoms with E-state index in [1.807, 2.05) is 37.3 Å². The van der Waals surface area contributed by atoms with Crippen LogP contribution in [0.25, 0.3) is 0 Å². The first-order valence-electron chi connectivity index (χ1n) is 8.01. The second-order valence-electron chi connectivity index (χ2n) is 5.81. The van der Waals surface area contributed by atoms with E-state index in [0.29, 0.717) is 32.3 Å². The average molecular weight is 451 g/mol. The van der Waals surface area contributed by atoms with E-state index >= 15 is 0 Å². The van der Waals surface area contributed by atoms with Crippen LogP contribution in [-0.4, -0.2) is 12.5 Å². The van der Waals surface area contributed by atoms with Crippen LogP contribution in [0.3, 0.4) is 0 Å². The number of nitrogens with zero attached hydrogens (tertiary/aromatic N) is 1. The lowest BCUT2D eigenvalue weighted by molar-refractivity contribution is 0.107. The first kappa shape index (κ1) is 21.2. The summed E-state index contributed by atoms with van der Waals surface area (Å²) in [5.74, 6) is 0.434. The number of ether oxygens (including phenoxy) is 1. The maximum absolute atomic E-state index is 5.83. The molecule has 0 fully saturated rings. The molecule has 0 unspecified atom stereocenters. The summed E-state index contributed by atoms with van der Waals surface area (Å²) in [5, 5.41) is 3.02. The zero-order chi connectivity index (χ0) is 17.2. The average Bonchev–Trinajstić information content (AvgIpc) is 2.59. The number of halogens is 1. The highest BCUT2D eigenvalue weighted by Gasteiger charge is 1.98. The highest BCUT2D eigenvalue weighted by Crippen LogP contribution is 2.09. The maximum atomic E-state index is 5.83. The minimum atomic E-state index is 0. The molecule has 0 aliphatic rings. The van der Waals surface area contributed by atoms with Crippen molar-refractivity contribution in [1.29, 1.82) is 0 Å². The number of hydrogen-bond donors (Lipinski definition) is 2. The molecule has 2 aromatic rings. The van der Waals surface area contributed by atoms with Gasteiger partial charge in [-0.15, -0.1) is 24.0 Å². The van der Waals surface area contributed by atoms with Gasteiger partial charge in [0.1, 0.15) is 0 Å². The normalized spacial score (nSPS) is 10.8. The Kier molecular flexibility index (Phi) is 9.87. The number of rotatable bonds is 8. The molecule has 0 amide bonds. The van der Waals surface area contributed by atoms with E-state index in [-0.39, 0.29) is 24.0 Å². The van der Waals surface area contributed by atoms with Gasteiger partial charge >= 0.3 is 0 Å². The van der Waals surface area contributed by atoms with Crippen LogP contribution in [0.4, 0.5) is 0 Å². The van der Waals surface area contributed by atoms with Crippen molar-refractivity contribution >= 4 is 29.9 Å². The van der Waals surface area contributed by atoms with Crippen LogP contribution in [0, 0.1) is 0 Å². The van der Waals surface area contributed by atoms with Gasteiger partial charge in [0, 0.05) is 6.54 Å². The van der Waals surface area contributed by atoms with Crippen molar-refractivity contribution in [3.05, 3.63) is 83.4 Å². The Morgan fingerprint density at radius 1 is 1.04 bits per heavy atom. The highest BCUT2D eigenvalue weighted by atomic mass is 127. The van der Waals surface area contributed by atoms with Crippen LogP contribution in [0.2, 0.25) is 0 Å². The third-order valence-electron chi connectivity index (χ3n) is 3.37. The maximum Gasteiger partial charge on any atom is 0.189 e. The van der Waals surface area contributed by atoms with Crippen molar-refractivity contribution in [3.63, 3.8) is 0 Å². The van der Waals surface area contributed by atoms with Gasteiger partial charge in [0.2, 0.25) is 0 Å². The fraction of sp³-hybridized carbons (Fsp3) is 0.250. The molecule has 0 aliphatic carbocycles. The number of nitrogens with two attached hydrogens (primary N) is 1. The summed E-state index contributed by atoms with van der Waals surface area (Å²) in [6.45, 7) is 8.14. The molecule has 0 aliphatic heterocycles. The van der Waals surface area contributed by atoms with Crippen LogP contribution in [-0.2, 0) is 24.5 Å². The van der Waals surface area contributed by atoms with Crippen LogP contribution in [0.5, 0.6) is 0 Å². The van der Waals surface area contributed by atoms with Gasteiger partial charge in [0.15, 0.2) is 5.96 Å². The zero-order valence-corrected chi connectivity index (χ0v) is 16.9. The summed E-state index contributed by atoms with van der Waals surface area (Å²) in [5.41, 5.74) is 10.3.